The molecule has 0 amide bonds. The molecule has 498 valence electrons. The molecule has 0 saturated carbocycles. The van der Waals surface area contributed by atoms with Gasteiger partial charge in [-0.1, -0.05) is 60.7 Å². The summed E-state index contributed by atoms with van der Waals surface area (Å²) in [7, 11) is 0. The highest BCUT2D eigenvalue weighted by Gasteiger charge is 2.42. The number of hydrogen-bond donors (Lipinski definition) is 0. The topological polar surface area (TPSA) is 57.4 Å². The minimum atomic E-state index is -5.42. The van der Waals surface area contributed by atoms with E-state index in [2.05, 4.69) is 0 Å². The highest BCUT2D eigenvalue weighted by molar-refractivity contribution is 6.13. The van der Waals surface area contributed by atoms with Gasteiger partial charge in [0.25, 0.3) is 0 Å². The molecule has 0 aliphatic rings. The molecule has 0 N–H and O–H groups in total. The molecule has 0 unspecified atom stereocenters. The second kappa shape index (κ2) is 22.9. The van der Waals surface area contributed by atoms with Crippen LogP contribution in [0.5, 0.6) is 0 Å². The van der Waals surface area contributed by atoms with Gasteiger partial charge >= 0.3 is 49.4 Å². The zero-order valence-electron chi connectivity index (χ0n) is 48.2. The van der Waals surface area contributed by atoms with Crippen LogP contribution >= 0.6 is 0 Å². The van der Waals surface area contributed by atoms with E-state index in [1.807, 2.05) is 12.1 Å². The van der Waals surface area contributed by atoms with E-state index < -0.39 is 155 Å². The second-order valence-electron chi connectivity index (χ2n) is 22.5. The molecule has 0 spiro atoms. The first kappa shape index (κ1) is 67.1. The smallest absolute Gasteiger partial charge is 0.308 e. The van der Waals surface area contributed by atoms with Crippen molar-refractivity contribution in [2.24, 2.45) is 0 Å². The summed E-state index contributed by atoms with van der Waals surface area (Å²) in [5.74, 6) is 0. The zero-order chi connectivity index (χ0) is 71.1. The van der Waals surface area contributed by atoms with E-state index in [-0.39, 0.29) is 84.6 Å². The third kappa shape index (κ3) is 12.5. The molecule has 0 aliphatic carbocycles. The van der Waals surface area contributed by atoms with Gasteiger partial charge in [0, 0.05) is 21.5 Å². The monoisotopic (exact) mass is 1380 g/mol. The van der Waals surface area contributed by atoms with Crippen LogP contribution in [0.4, 0.5) is 105 Å². The molecule has 2 aromatic heterocycles. The second-order valence-corrected chi connectivity index (χ2v) is 22.5. The van der Waals surface area contributed by atoms with Crippen LogP contribution in [0.25, 0.3) is 111 Å². The van der Waals surface area contributed by atoms with Crippen LogP contribution in [0.2, 0.25) is 0 Å². The fraction of sp³-hybridized carbons (Fsp3) is 0.114. The number of rotatable bonds is 7. The van der Waals surface area contributed by atoms with Crippen molar-refractivity contribution in [1.82, 2.24) is 9.13 Å². The fourth-order valence-corrected chi connectivity index (χ4v) is 11.8. The molecule has 12 aromatic rings. The number of fused-ring (bicyclic) bond motifs is 6. The molecule has 0 radical (unpaired) electrons. The first-order valence-corrected chi connectivity index (χ1v) is 27.9. The molecular weight excluding hydrogens is 1350 g/mol. The maximum absolute atomic E-state index is 14.5. The van der Waals surface area contributed by atoms with Crippen molar-refractivity contribution in [3.05, 3.63) is 238 Å². The highest BCUT2D eigenvalue weighted by atomic mass is 19.4. The Labute approximate surface area is 533 Å². The van der Waals surface area contributed by atoms with Crippen LogP contribution < -0.4 is 0 Å². The number of aromatic nitrogens is 2. The van der Waals surface area contributed by atoms with Crippen LogP contribution in [0.1, 0.15) is 55.6 Å². The van der Waals surface area contributed by atoms with E-state index in [1.165, 1.54) is 60.7 Å². The third-order valence-electron chi connectivity index (χ3n) is 16.2. The van der Waals surface area contributed by atoms with Crippen molar-refractivity contribution >= 4 is 43.6 Å². The molecule has 28 heteroatoms. The Kier molecular flexibility index (Phi) is 15.7. The average molecular weight is 1380 g/mol. The van der Waals surface area contributed by atoms with Crippen LogP contribution in [-0.2, 0) is 49.4 Å². The first-order chi connectivity index (χ1) is 45.5. The van der Waals surface area contributed by atoms with Crippen LogP contribution in [0, 0.1) is 22.7 Å². The Balaban J connectivity index is 1.26. The summed E-state index contributed by atoms with van der Waals surface area (Å²) in [6.07, 6.45) is -43.4. The van der Waals surface area contributed by atoms with Crippen LogP contribution in [0.3, 0.4) is 0 Å². The van der Waals surface area contributed by atoms with Crippen molar-refractivity contribution in [3.63, 3.8) is 0 Å². The van der Waals surface area contributed by atoms with E-state index >= 15 is 0 Å². The standard InChI is InChI=1S/C70H30F24N4/c71-63(72,73)44-13-39(14-45(27-44)64(74,75)76)35-4-8-52-53-9-5-36(40-15-46(65(77,78)79)28-47(16-40)66(80,81)82)22-58(53)97(57(52)21-35)61-25-43(34-3-1-2-33(12-34)31-95)26-62(56(61)32-96)98-59-23-37(41-17-48(67(83,84)85)29-49(18-41)68(86,87)88)6-10-54(59)55-11-7-38(24-60(55)98)42-19-50(69(89,90)91)30-51(20-42)70(92,93)94/h1-30H. The lowest BCUT2D eigenvalue weighted by Crippen LogP contribution is -2.11. The molecule has 4 nitrogen and oxygen atoms in total. The van der Waals surface area contributed by atoms with Gasteiger partial charge in [-0.25, -0.2) is 0 Å². The minimum absolute atomic E-state index is 0.0277. The van der Waals surface area contributed by atoms with Gasteiger partial charge in [0.2, 0.25) is 0 Å². The van der Waals surface area contributed by atoms with Crippen LogP contribution in [-0.4, -0.2) is 9.13 Å². The number of nitrogens with zero attached hydrogens (tertiary/aromatic N) is 4. The summed E-state index contributed by atoms with van der Waals surface area (Å²) >= 11 is 0. The lowest BCUT2D eigenvalue weighted by Gasteiger charge is -2.20. The number of alkyl halides is 24. The summed E-state index contributed by atoms with van der Waals surface area (Å²) in [5, 5.41) is 21.8. The molecule has 0 bridgehead atoms. The fourth-order valence-electron chi connectivity index (χ4n) is 11.8. The highest BCUT2D eigenvalue weighted by Crippen LogP contribution is 2.49. The van der Waals surface area contributed by atoms with Crippen LogP contribution in [0.15, 0.2) is 182 Å². The van der Waals surface area contributed by atoms with Gasteiger partial charge < -0.3 is 9.13 Å². The van der Waals surface area contributed by atoms with Gasteiger partial charge in [0.1, 0.15) is 11.6 Å². The van der Waals surface area contributed by atoms with Gasteiger partial charge in [-0.15, -0.1) is 0 Å². The third-order valence-corrected chi connectivity index (χ3v) is 16.2. The summed E-state index contributed by atoms with van der Waals surface area (Å²) in [5.41, 5.74) is -22.1. The molecule has 98 heavy (non-hydrogen) atoms. The predicted octanol–water partition coefficient (Wildman–Crippen LogP) is 24.1. The predicted molar refractivity (Wildman–Crippen MR) is 312 cm³/mol. The molecule has 0 fully saturated rings. The van der Waals surface area contributed by atoms with E-state index in [9.17, 15) is 116 Å². The van der Waals surface area contributed by atoms with E-state index in [0.29, 0.717) is 48.5 Å². The van der Waals surface area contributed by atoms with Crippen molar-refractivity contribution < 1.29 is 105 Å². The average Bonchev–Trinajstić information content (AvgIpc) is 1.55. The Bertz CT molecular complexity index is 4670. The Hall–Kier alpha value is -10.9. The van der Waals surface area contributed by atoms with Gasteiger partial charge in [-0.3, -0.25) is 0 Å². The summed E-state index contributed by atoms with van der Waals surface area (Å²) in [6, 6.07) is 26.7. The Morgan fingerprint density at radius 3 is 0.663 bits per heavy atom. The van der Waals surface area contributed by atoms with Crippen molar-refractivity contribution in [2.75, 3.05) is 0 Å². The number of halogens is 24. The molecule has 0 saturated heterocycles. The van der Waals surface area contributed by atoms with Gasteiger partial charge in [-0.2, -0.15) is 116 Å². The van der Waals surface area contributed by atoms with Gasteiger partial charge in [0.05, 0.1) is 89.6 Å². The molecule has 12 rings (SSSR count). The van der Waals surface area contributed by atoms with Gasteiger partial charge in [0.15, 0.2) is 0 Å². The van der Waals surface area contributed by atoms with Crippen molar-refractivity contribution in [3.8, 4) is 79.1 Å². The number of benzene rings is 10. The Morgan fingerprint density at radius 2 is 0.449 bits per heavy atom. The molecule has 0 aliphatic heterocycles. The SMILES string of the molecule is N#Cc1cccc(-c2cc(-n3c4cc(-c5cc(C(F)(F)F)cc(C(F)(F)F)c5)ccc4c4ccc(-c5cc(C(F)(F)F)cc(C(F)(F)F)c5)cc43)c(C#N)c(-n3c4cc(-c5cc(C(F)(F)F)cc(C(F)(F)F)c5)ccc4c4ccc(-c5cc(C(F)(F)F)cc(C(F)(F)F)c5)cc43)c2)c1. The van der Waals surface area contributed by atoms with E-state index in [1.54, 1.807) is 0 Å². The molecule has 10 aromatic carbocycles. The molecule has 0 atom stereocenters. The zero-order valence-corrected chi connectivity index (χ0v) is 48.2. The first-order valence-electron chi connectivity index (χ1n) is 27.9. The van der Waals surface area contributed by atoms with E-state index in [0.717, 1.165) is 57.7 Å². The number of hydrogen-bond acceptors (Lipinski definition) is 2. The Morgan fingerprint density at radius 1 is 0.224 bits per heavy atom. The maximum Gasteiger partial charge on any atom is 0.416 e. The normalized spacial score (nSPS) is 13.1. The number of nitriles is 2. The summed E-state index contributed by atoms with van der Waals surface area (Å²) < 4.78 is 350. The summed E-state index contributed by atoms with van der Waals surface area (Å²) in [4.78, 5) is 0. The maximum atomic E-state index is 14.5. The quantitative estimate of drug-likeness (QED) is 0.149. The van der Waals surface area contributed by atoms with Gasteiger partial charge in [-0.05, 0) is 177 Å². The lowest BCUT2D eigenvalue weighted by atomic mass is 9.97. The molecule has 2 heterocycles. The molecular formula is C70H30F24N4. The lowest BCUT2D eigenvalue weighted by molar-refractivity contribution is -0.144. The van der Waals surface area contributed by atoms with Crippen molar-refractivity contribution in [1.29, 1.82) is 10.5 Å². The van der Waals surface area contributed by atoms with E-state index in [4.69, 9.17) is 0 Å². The van der Waals surface area contributed by atoms with Crippen molar-refractivity contribution in [2.45, 2.75) is 49.4 Å². The minimum Gasteiger partial charge on any atom is -0.308 e. The summed E-state index contributed by atoms with van der Waals surface area (Å²) in [6.45, 7) is 0. The largest absolute Gasteiger partial charge is 0.416 e.